The third-order valence-electron chi connectivity index (χ3n) is 7.56. The molecular formula is C16H28O. The van der Waals surface area contributed by atoms with Crippen molar-refractivity contribution in [3.8, 4) is 0 Å². The molecule has 3 fully saturated rings. The number of aliphatic hydroxyl groups excluding tert-OH is 1. The average Bonchev–Trinajstić information content (AvgIpc) is 3.01. The Morgan fingerprint density at radius 3 is 2.06 bits per heavy atom. The van der Waals surface area contributed by atoms with Crippen molar-refractivity contribution in [2.24, 2.45) is 33.5 Å². The average molecular weight is 236 g/mol. The first-order valence-electron chi connectivity index (χ1n) is 7.29. The summed E-state index contributed by atoms with van der Waals surface area (Å²) in [5.41, 5.74) is 1.99. The minimum Gasteiger partial charge on any atom is -0.396 e. The van der Waals surface area contributed by atoms with Crippen molar-refractivity contribution in [1.82, 2.24) is 0 Å². The zero-order chi connectivity index (χ0) is 12.7. The Morgan fingerprint density at radius 1 is 1.00 bits per heavy atom. The van der Waals surface area contributed by atoms with Crippen LogP contribution in [0.1, 0.15) is 60.3 Å². The van der Waals surface area contributed by atoms with Gasteiger partial charge in [-0.15, -0.1) is 0 Å². The lowest BCUT2D eigenvalue weighted by Gasteiger charge is -2.36. The summed E-state index contributed by atoms with van der Waals surface area (Å²) < 4.78 is 0. The van der Waals surface area contributed by atoms with E-state index in [2.05, 4.69) is 34.6 Å². The molecule has 2 unspecified atom stereocenters. The second kappa shape index (κ2) is 2.92. The zero-order valence-electron chi connectivity index (χ0n) is 12.1. The van der Waals surface area contributed by atoms with Gasteiger partial charge in [0.25, 0.3) is 0 Å². The van der Waals surface area contributed by atoms with Crippen LogP contribution in [-0.4, -0.2) is 11.7 Å². The van der Waals surface area contributed by atoms with Gasteiger partial charge < -0.3 is 5.11 Å². The van der Waals surface area contributed by atoms with Crippen LogP contribution in [0.5, 0.6) is 0 Å². The molecule has 0 aliphatic heterocycles. The van der Waals surface area contributed by atoms with Gasteiger partial charge in [0.15, 0.2) is 0 Å². The van der Waals surface area contributed by atoms with E-state index >= 15 is 0 Å². The third kappa shape index (κ3) is 1.30. The summed E-state index contributed by atoms with van der Waals surface area (Å²) in [5.74, 6) is 1.67. The van der Waals surface area contributed by atoms with Crippen LogP contribution >= 0.6 is 0 Å². The summed E-state index contributed by atoms with van der Waals surface area (Å²) in [4.78, 5) is 0. The van der Waals surface area contributed by atoms with Gasteiger partial charge in [0.1, 0.15) is 0 Å². The van der Waals surface area contributed by atoms with E-state index in [1.54, 1.807) is 0 Å². The maximum absolute atomic E-state index is 9.40. The van der Waals surface area contributed by atoms with E-state index in [-0.39, 0.29) is 5.41 Å². The molecule has 0 bridgehead atoms. The number of rotatable bonds is 3. The van der Waals surface area contributed by atoms with Crippen LogP contribution in [0.3, 0.4) is 0 Å². The molecule has 17 heavy (non-hydrogen) atoms. The molecule has 0 heterocycles. The largest absolute Gasteiger partial charge is 0.396 e. The highest BCUT2D eigenvalue weighted by atomic mass is 16.3. The Bertz CT molecular complexity index is 361. The first-order valence-corrected chi connectivity index (χ1v) is 7.29. The van der Waals surface area contributed by atoms with Gasteiger partial charge in [-0.2, -0.15) is 0 Å². The SMILES string of the molecule is CC1(CO)CC1C[C@H]1C[C@]2(C)C[C@@]2(C)C1(C)C. The molecular weight excluding hydrogens is 208 g/mol. The highest BCUT2D eigenvalue weighted by Crippen LogP contribution is 2.82. The Kier molecular flexibility index (Phi) is 2.07. The minimum atomic E-state index is 0.269. The first-order chi connectivity index (χ1) is 7.69. The van der Waals surface area contributed by atoms with Gasteiger partial charge >= 0.3 is 0 Å². The second-order valence-electron chi connectivity index (χ2n) is 8.64. The molecule has 0 spiro atoms. The summed E-state index contributed by atoms with van der Waals surface area (Å²) in [6, 6.07) is 0. The number of hydrogen-bond acceptors (Lipinski definition) is 1. The first kappa shape index (κ1) is 12.0. The van der Waals surface area contributed by atoms with Gasteiger partial charge in [0, 0.05) is 6.61 Å². The molecule has 0 aromatic heterocycles. The molecule has 0 amide bonds. The van der Waals surface area contributed by atoms with Crippen LogP contribution in [-0.2, 0) is 0 Å². The standard InChI is InChI=1S/C16H28O/c1-13(2)11(6-12-7-14(12,3)10-17)8-15(4)9-16(13,15)5/h11-12,17H,6-10H2,1-5H3/t11-,12?,14?,15+,16-/m0/s1. The van der Waals surface area contributed by atoms with Gasteiger partial charge in [0.05, 0.1) is 0 Å². The van der Waals surface area contributed by atoms with Gasteiger partial charge in [0.2, 0.25) is 0 Å². The van der Waals surface area contributed by atoms with Crippen molar-refractivity contribution in [2.75, 3.05) is 6.61 Å². The van der Waals surface area contributed by atoms with Crippen LogP contribution in [0.25, 0.3) is 0 Å². The van der Waals surface area contributed by atoms with E-state index in [9.17, 15) is 5.11 Å². The fourth-order valence-corrected chi connectivity index (χ4v) is 5.08. The maximum atomic E-state index is 9.40. The topological polar surface area (TPSA) is 20.2 Å². The fourth-order valence-electron chi connectivity index (χ4n) is 5.08. The van der Waals surface area contributed by atoms with E-state index in [1.807, 2.05) is 0 Å². The lowest BCUT2D eigenvalue weighted by molar-refractivity contribution is 0.125. The van der Waals surface area contributed by atoms with E-state index in [1.165, 1.54) is 25.7 Å². The van der Waals surface area contributed by atoms with Gasteiger partial charge in [-0.05, 0) is 59.2 Å². The molecule has 0 aromatic rings. The van der Waals surface area contributed by atoms with Crippen molar-refractivity contribution in [3.05, 3.63) is 0 Å². The van der Waals surface area contributed by atoms with E-state index in [0.29, 0.717) is 22.9 Å². The third-order valence-corrected chi connectivity index (χ3v) is 7.56. The summed E-state index contributed by atoms with van der Waals surface area (Å²) >= 11 is 0. The van der Waals surface area contributed by atoms with E-state index in [4.69, 9.17) is 0 Å². The summed E-state index contributed by atoms with van der Waals surface area (Å²) in [5, 5.41) is 9.40. The van der Waals surface area contributed by atoms with Crippen LogP contribution in [0.2, 0.25) is 0 Å². The highest BCUT2D eigenvalue weighted by Gasteiger charge is 2.74. The smallest absolute Gasteiger partial charge is 0.0487 e. The molecule has 1 heteroatoms. The number of fused-ring (bicyclic) bond motifs is 1. The van der Waals surface area contributed by atoms with E-state index in [0.717, 1.165) is 11.8 Å². The molecule has 1 N–H and O–H groups in total. The Morgan fingerprint density at radius 2 is 1.65 bits per heavy atom. The lowest BCUT2D eigenvalue weighted by atomic mass is 9.69. The van der Waals surface area contributed by atoms with Crippen molar-refractivity contribution in [1.29, 1.82) is 0 Å². The normalized spacial score (nSPS) is 58.9. The molecule has 3 aliphatic carbocycles. The highest BCUT2D eigenvalue weighted by molar-refractivity contribution is 5.23. The Hall–Kier alpha value is -0.0400. The van der Waals surface area contributed by atoms with Crippen molar-refractivity contribution < 1.29 is 5.11 Å². The van der Waals surface area contributed by atoms with Crippen LogP contribution in [0, 0.1) is 33.5 Å². The molecule has 1 nitrogen and oxygen atoms in total. The fraction of sp³-hybridized carbons (Fsp3) is 1.00. The summed E-state index contributed by atoms with van der Waals surface area (Å²) in [6.07, 6.45) is 5.47. The number of hydrogen-bond donors (Lipinski definition) is 1. The monoisotopic (exact) mass is 236 g/mol. The molecule has 98 valence electrons. The van der Waals surface area contributed by atoms with Crippen molar-refractivity contribution >= 4 is 0 Å². The van der Waals surface area contributed by atoms with Gasteiger partial charge in [-0.1, -0.05) is 34.6 Å². The predicted octanol–water partition coefficient (Wildman–Crippen LogP) is 3.86. The van der Waals surface area contributed by atoms with Gasteiger partial charge in [-0.3, -0.25) is 0 Å². The van der Waals surface area contributed by atoms with Crippen molar-refractivity contribution in [2.45, 2.75) is 60.3 Å². The zero-order valence-corrected chi connectivity index (χ0v) is 12.1. The summed E-state index contributed by atoms with van der Waals surface area (Å²) in [6.45, 7) is 12.6. The number of aliphatic hydroxyl groups is 1. The Labute approximate surface area is 106 Å². The molecule has 3 saturated carbocycles. The molecule has 0 aromatic carbocycles. The summed E-state index contributed by atoms with van der Waals surface area (Å²) in [7, 11) is 0. The van der Waals surface area contributed by atoms with Crippen LogP contribution in [0.4, 0.5) is 0 Å². The van der Waals surface area contributed by atoms with Crippen molar-refractivity contribution in [3.63, 3.8) is 0 Å². The second-order valence-corrected chi connectivity index (χ2v) is 8.64. The van der Waals surface area contributed by atoms with E-state index < -0.39 is 0 Å². The molecule has 5 atom stereocenters. The van der Waals surface area contributed by atoms with Gasteiger partial charge in [-0.25, -0.2) is 0 Å². The predicted molar refractivity (Wildman–Crippen MR) is 70.6 cm³/mol. The quantitative estimate of drug-likeness (QED) is 0.789. The minimum absolute atomic E-state index is 0.269. The Balaban J connectivity index is 1.71. The molecule has 0 radical (unpaired) electrons. The van der Waals surface area contributed by atoms with Crippen LogP contribution < -0.4 is 0 Å². The van der Waals surface area contributed by atoms with Crippen LogP contribution in [0.15, 0.2) is 0 Å². The molecule has 0 saturated heterocycles. The molecule has 3 aliphatic rings. The maximum Gasteiger partial charge on any atom is 0.0487 e. The lowest BCUT2D eigenvalue weighted by Crippen LogP contribution is -2.28. The molecule has 3 rings (SSSR count).